The average molecular weight is 472 g/mol. The Morgan fingerprint density at radius 2 is 1.68 bits per heavy atom. The summed E-state index contributed by atoms with van der Waals surface area (Å²) in [5.74, 6) is -0.245. The first-order valence-corrected chi connectivity index (χ1v) is 11.9. The Morgan fingerprint density at radius 3 is 2.41 bits per heavy atom. The number of fused-ring (bicyclic) bond motifs is 1. The zero-order chi connectivity index (χ0) is 23.9. The van der Waals surface area contributed by atoms with Crippen molar-refractivity contribution in [1.82, 2.24) is 15.1 Å². The Bertz CT molecular complexity index is 1050. The molecule has 1 aliphatic carbocycles. The van der Waals surface area contributed by atoms with E-state index in [9.17, 15) is 22.8 Å². The molecule has 3 aliphatic rings. The number of likely N-dealkylation sites (tertiary alicyclic amines) is 2. The maximum atomic E-state index is 12.9. The van der Waals surface area contributed by atoms with Crippen LogP contribution in [0.5, 0.6) is 0 Å². The van der Waals surface area contributed by atoms with Crippen LogP contribution in [0.3, 0.4) is 0 Å². The van der Waals surface area contributed by atoms with E-state index in [0.717, 1.165) is 44.4 Å². The van der Waals surface area contributed by atoms with Crippen LogP contribution in [-0.2, 0) is 11.0 Å². The molecule has 5 rings (SSSR count). The van der Waals surface area contributed by atoms with Gasteiger partial charge in [0.25, 0.3) is 5.91 Å². The third-order valence-electron chi connectivity index (χ3n) is 7.65. The lowest BCUT2D eigenvalue weighted by Crippen LogP contribution is -2.48. The molecule has 5 nitrogen and oxygen atoms in total. The average Bonchev–Trinajstić information content (AvgIpc) is 3.39. The van der Waals surface area contributed by atoms with Gasteiger partial charge in [-0.1, -0.05) is 36.4 Å². The normalized spacial score (nSPS) is 26.7. The summed E-state index contributed by atoms with van der Waals surface area (Å²) in [7, 11) is 0. The molecule has 2 aromatic rings. The first-order chi connectivity index (χ1) is 16.3. The summed E-state index contributed by atoms with van der Waals surface area (Å²) in [6.07, 6.45) is -0.385. The van der Waals surface area contributed by atoms with Crippen molar-refractivity contribution < 1.29 is 22.8 Å². The summed E-state index contributed by atoms with van der Waals surface area (Å²) in [4.78, 5) is 29.6. The summed E-state index contributed by atoms with van der Waals surface area (Å²) in [6.45, 7) is 1.42. The van der Waals surface area contributed by atoms with Crippen LogP contribution >= 0.6 is 0 Å². The van der Waals surface area contributed by atoms with Gasteiger partial charge in [-0.3, -0.25) is 14.5 Å². The molecule has 34 heavy (non-hydrogen) atoms. The van der Waals surface area contributed by atoms with Crippen LogP contribution in [-0.4, -0.2) is 59.4 Å². The van der Waals surface area contributed by atoms with Gasteiger partial charge < -0.3 is 10.2 Å². The molecule has 2 heterocycles. The predicted molar refractivity (Wildman–Crippen MR) is 121 cm³/mol. The Kier molecular flexibility index (Phi) is 6.10. The minimum absolute atomic E-state index is 0.105. The molecule has 2 saturated heterocycles. The van der Waals surface area contributed by atoms with Gasteiger partial charge in [-0.05, 0) is 55.4 Å². The molecule has 180 valence electrons. The molecule has 2 amide bonds. The first-order valence-electron chi connectivity index (χ1n) is 11.9. The minimum Gasteiger partial charge on any atom is -0.343 e. The number of amides is 2. The Balaban J connectivity index is 1.13. The van der Waals surface area contributed by atoms with E-state index in [1.54, 1.807) is 0 Å². The fourth-order valence-electron chi connectivity index (χ4n) is 5.83. The van der Waals surface area contributed by atoms with Crippen molar-refractivity contribution in [3.8, 4) is 0 Å². The number of hydrogen-bond donors (Lipinski definition) is 1. The summed E-state index contributed by atoms with van der Waals surface area (Å²) < 4.78 is 38.7. The molecule has 0 spiro atoms. The van der Waals surface area contributed by atoms with E-state index in [4.69, 9.17) is 0 Å². The fraction of sp³-hybridized carbons (Fsp3) is 0.462. The fourth-order valence-corrected chi connectivity index (χ4v) is 5.83. The molecule has 1 N–H and O–H groups in total. The van der Waals surface area contributed by atoms with Gasteiger partial charge in [-0.25, -0.2) is 0 Å². The summed E-state index contributed by atoms with van der Waals surface area (Å²) >= 11 is 0. The van der Waals surface area contributed by atoms with Crippen LogP contribution in [0.2, 0.25) is 0 Å². The van der Waals surface area contributed by atoms with Crippen molar-refractivity contribution in [3.63, 3.8) is 0 Å². The zero-order valence-electron chi connectivity index (χ0n) is 18.8. The van der Waals surface area contributed by atoms with Crippen molar-refractivity contribution in [3.05, 3.63) is 71.3 Å². The Hall–Kier alpha value is -2.87. The number of carbonyl (C=O) groups is 2. The standard InChI is InChI=1S/C26H28F3N3O2/c27-26(28,29)20-8-4-7-18(13-20)25(34)30-16-24(33)32-12-10-22-23(32)9-11-31(22)21-14-19(15-21)17-5-2-1-3-6-17/h1-8,13,19,21-23H,9-12,14-16H2,(H,30,34)/t19-,21+,22?,23?. The van der Waals surface area contributed by atoms with Gasteiger partial charge in [0, 0.05) is 36.8 Å². The van der Waals surface area contributed by atoms with Gasteiger partial charge in [-0.15, -0.1) is 0 Å². The zero-order valence-corrected chi connectivity index (χ0v) is 18.8. The lowest BCUT2D eigenvalue weighted by atomic mass is 9.75. The van der Waals surface area contributed by atoms with Gasteiger partial charge in [0.1, 0.15) is 0 Å². The molecular formula is C26H28F3N3O2. The molecule has 2 aromatic carbocycles. The molecule has 3 fully saturated rings. The largest absolute Gasteiger partial charge is 0.416 e. The van der Waals surface area contributed by atoms with Crippen LogP contribution in [0, 0.1) is 0 Å². The third kappa shape index (κ3) is 4.43. The van der Waals surface area contributed by atoms with E-state index in [-0.39, 0.29) is 24.1 Å². The van der Waals surface area contributed by atoms with E-state index in [1.165, 1.54) is 17.7 Å². The monoisotopic (exact) mass is 471 g/mol. The van der Waals surface area contributed by atoms with Crippen molar-refractivity contribution in [2.45, 2.75) is 55.9 Å². The molecule has 2 atom stereocenters. The Morgan fingerprint density at radius 1 is 0.941 bits per heavy atom. The highest BCUT2D eigenvalue weighted by Gasteiger charge is 2.48. The van der Waals surface area contributed by atoms with Crippen molar-refractivity contribution in [2.24, 2.45) is 0 Å². The van der Waals surface area contributed by atoms with E-state index < -0.39 is 17.6 Å². The highest BCUT2D eigenvalue weighted by Crippen LogP contribution is 2.44. The van der Waals surface area contributed by atoms with E-state index in [1.807, 2.05) is 11.0 Å². The topological polar surface area (TPSA) is 52.7 Å². The first kappa shape index (κ1) is 22.9. The molecule has 8 heteroatoms. The summed E-state index contributed by atoms with van der Waals surface area (Å²) in [5.41, 5.74) is 0.409. The molecule has 2 aliphatic heterocycles. The SMILES string of the molecule is O=C(NCC(=O)N1CCC2C1CCN2[C@H]1C[C@@H](c2ccccc2)C1)c1cccc(C(F)(F)F)c1. The minimum atomic E-state index is -4.52. The predicted octanol–water partition coefficient (Wildman–Crippen LogP) is 4.06. The van der Waals surface area contributed by atoms with Crippen LogP contribution < -0.4 is 5.32 Å². The molecule has 0 radical (unpaired) electrons. The number of rotatable bonds is 5. The van der Waals surface area contributed by atoms with Crippen LogP contribution in [0.15, 0.2) is 54.6 Å². The maximum absolute atomic E-state index is 12.9. The molecule has 0 bridgehead atoms. The quantitative estimate of drug-likeness (QED) is 0.716. The summed E-state index contributed by atoms with van der Waals surface area (Å²) in [5, 5.41) is 2.50. The lowest BCUT2D eigenvalue weighted by molar-refractivity contribution is -0.137. The Labute approximate surface area is 196 Å². The second-order valence-electron chi connectivity index (χ2n) is 9.53. The molecule has 2 unspecified atom stereocenters. The van der Waals surface area contributed by atoms with Crippen LogP contribution in [0.4, 0.5) is 13.2 Å². The van der Waals surface area contributed by atoms with Gasteiger partial charge in [-0.2, -0.15) is 13.2 Å². The van der Waals surface area contributed by atoms with E-state index in [2.05, 4.69) is 34.5 Å². The maximum Gasteiger partial charge on any atom is 0.416 e. The van der Waals surface area contributed by atoms with Crippen LogP contribution in [0.25, 0.3) is 0 Å². The number of carbonyl (C=O) groups excluding carboxylic acids is 2. The van der Waals surface area contributed by atoms with E-state index >= 15 is 0 Å². The van der Waals surface area contributed by atoms with Gasteiger partial charge in [0.05, 0.1) is 12.1 Å². The van der Waals surface area contributed by atoms with E-state index in [0.29, 0.717) is 24.5 Å². The highest BCUT2D eigenvalue weighted by molar-refractivity contribution is 5.96. The van der Waals surface area contributed by atoms with Crippen molar-refractivity contribution in [2.75, 3.05) is 19.6 Å². The third-order valence-corrected chi connectivity index (χ3v) is 7.65. The molecule has 0 aromatic heterocycles. The number of hydrogen-bond acceptors (Lipinski definition) is 3. The molecular weight excluding hydrogens is 443 g/mol. The smallest absolute Gasteiger partial charge is 0.343 e. The van der Waals surface area contributed by atoms with Gasteiger partial charge in [0.2, 0.25) is 5.91 Å². The second-order valence-corrected chi connectivity index (χ2v) is 9.53. The van der Waals surface area contributed by atoms with Crippen molar-refractivity contribution in [1.29, 1.82) is 0 Å². The number of nitrogens with zero attached hydrogens (tertiary/aromatic N) is 2. The van der Waals surface area contributed by atoms with Crippen molar-refractivity contribution >= 4 is 11.8 Å². The second kappa shape index (κ2) is 9.06. The number of halogens is 3. The summed E-state index contributed by atoms with van der Waals surface area (Å²) in [6, 6.07) is 15.9. The van der Waals surface area contributed by atoms with Crippen LogP contribution in [0.1, 0.15) is 53.1 Å². The van der Waals surface area contributed by atoms with Gasteiger partial charge >= 0.3 is 6.18 Å². The highest BCUT2D eigenvalue weighted by atomic mass is 19.4. The number of nitrogens with one attached hydrogen (secondary N) is 1. The molecule has 1 saturated carbocycles. The number of benzene rings is 2. The lowest BCUT2D eigenvalue weighted by Gasteiger charge is -2.44. The van der Waals surface area contributed by atoms with Gasteiger partial charge in [0.15, 0.2) is 0 Å². The number of alkyl halides is 3.